The Balaban J connectivity index is 1.85. The molecule has 1 aliphatic heterocycles. The molecule has 0 unspecified atom stereocenters. The van der Waals surface area contributed by atoms with Crippen LogP contribution >= 0.6 is 11.8 Å². The third-order valence-electron chi connectivity index (χ3n) is 11.6. The van der Waals surface area contributed by atoms with E-state index in [-0.39, 0.29) is 39.2 Å². The van der Waals surface area contributed by atoms with Gasteiger partial charge < -0.3 is 18.0 Å². The zero-order chi connectivity index (χ0) is 39.1. The van der Waals surface area contributed by atoms with E-state index in [4.69, 9.17) is 33.0 Å². The molecule has 0 radical (unpaired) electrons. The molecular weight excluding hydrogens is 723 g/mol. The number of amides is 1. The van der Waals surface area contributed by atoms with Crippen molar-refractivity contribution in [2.24, 2.45) is 0 Å². The number of aromatic nitrogens is 4. The molecule has 1 amide bonds. The number of ether oxygens (including phenoxy) is 1. The number of carbonyl (C=O) groups excluding carboxylic acids is 1. The van der Waals surface area contributed by atoms with Crippen LogP contribution in [-0.4, -0.2) is 81.1 Å². The Morgan fingerprint density at radius 3 is 1.94 bits per heavy atom. The van der Waals surface area contributed by atoms with E-state index in [1.54, 1.807) is 18.1 Å². The molecule has 14 heteroatoms. The first-order chi connectivity index (χ1) is 23.7. The van der Waals surface area contributed by atoms with Crippen LogP contribution in [0.2, 0.25) is 54.4 Å². The quantitative estimate of drug-likeness (QED) is 0.134. The SMILES string of the molecule is CC(=O)Nc1nc(CCSc2ccccc2)c2ncn([C@@H]3O[C@H](CO[Si](C)(C)C(C)(C)C)[C@@H](O[Si](C)(C)C(C)(C)C)[C@H]3O[Si](C)(C)C(C)(C)C)c2n1. The van der Waals surface area contributed by atoms with Crippen LogP contribution in [0.25, 0.3) is 11.2 Å². The fourth-order valence-electron chi connectivity index (χ4n) is 5.21. The summed E-state index contributed by atoms with van der Waals surface area (Å²) in [5, 5.41) is 2.77. The molecule has 0 spiro atoms. The molecule has 10 nitrogen and oxygen atoms in total. The Hall–Kier alpha value is -1.92. The summed E-state index contributed by atoms with van der Waals surface area (Å²) in [5.41, 5.74) is 2.03. The molecular formula is C38H65N5O5SSi3. The van der Waals surface area contributed by atoms with E-state index in [1.165, 1.54) is 11.8 Å². The number of thioether (sulfide) groups is 1. The van der Waals surface area contributed by atoms with Crippen molar-refractivity contribution in [1.82, 2.24) is 19.5 Å². The largest absolute Gasteiger partial charge is 0.414 e. The van der Waals surface area contributed by atoms with Gasteiger partial charge in [0.25, 0.3) is 0 Å². The average Bonchev–Trinajstić information content (AvgIpc) is 3.55. The Morgan fingerprint density at radius 2 is 1.40 bits per heavy atom. The zero-order valence-corrected chi connectivity index (χ0v) is 38.4. The van der Waals surface area contributed by atoms with Gasteiger partial charge in [-0.1, -0.05) is 80.5 Å². The topological polar surface area (TPSA) is 110 Å². The molecule has 4 atom stereocenters. The fraction of sp³-hybridized carbons (Fsp3) is 0.684. The summed E-state index contributed by atoms with van der Waals surface area (Å²) >= 11 is 1.76. The van der Waals surface area contributed by atoms with Gasteiger partial charge in [-0.25, -0.2) is 9.97 Å². The number of rotatable bonds is 13. The lowest BCUT2D eigenvalue weighted by Crippen LogP contribution is -2.54. The van der Waals surface area contributed by atoms with Crippen LogP contribution < -0.4 is 5.32 Å². The van der Waals surface area contributed by atoms with Gasteiger partial charge in [0.05, 0.1) is 18.6 Å². The molecule has 2 aromatic heterocycles. The molecule has 0 aliphatic carbocycles. The monoisotopic (exact) mass is 787 g/mol. The molecule has 290 valence electrons. The summed E-state index contributed by atoms with van der Waals surface area (Å²) < 4.78 is 30.7. The molecule has 1 saturated heterocycles. The van der Waals surface area contributed by atoms with Gasteiger partial charge in [0.1, 0.15) is 23.8 Å². The lowest BCUT2D eigenvalue weighted by atomic mass is 10.1. The van der Waals surface area contributed by atoms with Crippen LogP contribution in [0.5, 0.6) is 0 Å². The maximum atomic E-state index is 12.3. The fourth-order valence-corrected chi connectivity index (χ4v) is 9.71. The second kappa shape index (κ2) is 15.7. The number of hydrogen-bond acceptors (Lipinski definition) is 9. The van der Waals surface area contributed by atoms with Crippen LogP contribution in [0.15, 0.2) is 41.6 Å². The van der Waals surface area contributed by atoms with Crippen molar-refractivity contribution < 1.29 is 22.8 Å². The van der Waals surface area contributed by atoms with Gasteiger partial charge in [-0.3, -0.25) is 14.7 Å². The molecule has 0 saturated carbocycles. The van der Waals surface area contributed by atoms with Crippen molar-refractivity contribution in [3.05, 3.63) is 42.4 Å². The third-order valence-corrected chi connectivity index (χ3v) is 26.0. The minimum Gasteiger partial charge on any atom is -0.414 e. The molecule has 3 heterocycles. The van der Waals surface area contributed by atoms with Crippen molar-refractivity contribution >= 4 is 59.7 Å². The normalized spacial score (nSPS) is 20.8. The van der Waals surface area contributed by atoms with Crippen LogP contribution in [0, 0.1) is 0 Å². The highest BCUT2D eigenvalue weighted by Gasteiger charge is 2.55. The van der Waals surface area contributed by atoms with Crippen molar-refractivity contribution in [1.29, 1.82) is 0 Å². The van der Waals surface area contributed by atoms with Gasteiger partial charge >= 0.3 is 0 Å². The second-order valence-electron chi connectivity index (χ2n) is 18.7. The molecule has 3 aromatic rings. The number of aryl methyl sites for hydroxylation is 1. The van der Waals surface area contributed by atoms with Crippen molar-refractivity contribution in [3.8, 4) is 0 Å². The summed E-state index contributed by atoms with van der Waals surface area (Å²) in [5.74, 6) is 0.791. The summed E-state index contributed by atoms with van der Waals surface area (Å²) in [6, 6.07) is 10.3. The van der Waals surface area contributed by atoms with Gasteiger partial charge in [-0.05, 0) is 66.5 Å². The van der Waals surface area contributed by atoms with Crippen molar-refractivity contribution in [3.63, 3.8) is 0 Å². The molecule has 1 aliphatic rings. The Labute approximate surface area is 320 Å². The first-order valence-corrected chi connectivity index (χ1v) is 28.3. The lowest BCUT2D eigenvalue weighted by Gasteiger charge is -2.44. The molecule has 0 bridgehead atoms. The van der Waals surface area contributed by atoms with E-state index in [2.05, 4.69) is 119 Å². The summed E-state index contributed by atoms with van der Waals surface area (Å²) in [4.78, 5) is 28.0. The zero-order valence-electron chi connectivity index (χ0n) is 34.6. The van der Waals surface area contributed by atoms with E-state index in [0.717, 1.165) is 11.4 Å². The highest BCUT2D eigenvalue weighted by atomic mass is 32.2. The van der Waals surface area contributed by atoms with E-state index in [1.807, 2.05) is 22.8 Å². The minimum absolute atomic E-state index is 0.0324. The van der Waals surface area contributed by atoms with Crippen LogP contribution in [0.3, 0.4) is 0 Å². The van der Waals surface area contributed by atoms with Crippen molar-refractivity contribution in [2.45, 2.75) is 159 Å². The standard InChI is InChI=1S/C38H65N5O5SSi3/c1-26(44)40-35-41-28(22-23-49-27-20-18-17-19-21-27)30-33(42-35)43(25-39-30)34-32(48-52(15,16)38(8,9)10)31(47-51(13,14)37(5,6)7)29(46-34)24-45-50(11,12)36(2,3)4/h17-21,25,29,31-32,34H,22-24H2,1-16H3,(H,40,41,42,44)/t29-,31-,32-,34-/m1/s1. The van der Waals surface area contributed by atoms with Gasteiger partial charge in [0.2, 0.25) is 11.9 Å². The van der Waals surface area contributed by atoms with Crippen LogP contribution in [0.1, 0.15) is 81.2 Å². The predicted molar refractivity (Wildman–Crippen MR) is 222 cm³/mol. The smallest absolute Gasteiger partial charge is 0.231 e. The first-order valence-electron chi connectivity index (χ1n) is 18.6. The average molecular weight is 788 g/mol. The van der Waals surface area contributed by atoms with Gasteiger partial charge in [-0.2, -0.15) is 4.98 Å². The number of nitrogens with zero attached hydrogens (tertiary/aromatic N) is 4. The van der Waals surface area contributed by atoms with Gasteiger partial charge in [-0.15, -0.1) is 11.8 Å². The number of imidazole rings is 1. The minimum atomic E-state index is -2.37. The summed E-state index contributed by atoms with van der Waals surface area (Å²) in [6.45, 7) is 35.8. The summed E-state index contributed by atoms with van der Waals surface area (Å²) in [6.07, 6.45) is 0.583. The van der Waals surface area contributed by atoms with Gasteiger partial charge in [0, 0.05) is 24.0 Å². The van der Waals surface area contributed by atoms with Crippen LogP contribution in [0.4, 0.5) is 5.95 Å². The number of nitrogens with one attached hydrogen (secondary N) is 1. The predicted octanol–water partition coefficient (Wildman–Crippen LogP) is 9.82. The van der Waals surface area contributed by atoms with Crippen LogP contribution in [-0.2, 0) is 29.2 Å². The summed E-state index contributed by atoms with van der Waals surface area (Å²) in [7, 11) is -6.83. The molecule has 4 rings (SSSR count). The number of carbonyl (C=O) groups is 1. The highest BCUT2D eigenvalue weighted by Crippen LogP contribution is 2.47. The molecule has 1 fully saturated rings. The maximum absolute atomic E-state index is 12.3. The van der Waals surface area contributed by atoms with E-state index >= 15 is 0 Å². The molecule has 1 aromatic carbocycles. The number of anilines is 1. The maximum Gasteiger partial charge on any atom is 0.231 e. The third kappa shape index (κ3) is 9.84. The highest BCUT2D eigenvalue weighted by molar-refractivity contribution is 7.99. The van der Waals surface area contributed by atoms with E-state index in [0.29, 0.717) is 24.2 Å². The number of fused-ring (bicyclic) bond motifs is 1. The Bertz CT molecular complexity index is 1680. The van der Waals surface area contributed by atoms with Gasteiger partial charge in [0.15, 0.2) is 36.8 Å². The number of hydrogen-bond donors (Lipinski definition) is 1. The second-order valence-corrected chi connectivity index (χ2v) is 34.2. The Morgan fingerprint density at radius 1 is 0.846 bits per heavy atom. The van der Waals surface area contributed by atoms with E-state index < -0.39 is 37.3 Å². The lowest BCUT2D eigenvalue weighted by molar-refractivity contribution is -0.114. The Kier molecular flexibility index (Phi) is 12.9. The number of benzene rings is 1. The molecule has 1 N–H and O–H groups in total. The van der Waals surface area contributed by atoms with E-state index in [9.17, 15) is 4.79 Å². The van der Waals surface area contributed by atoms with Crippen molar-refractivity contribution in [2.75, 3.05) is 17.7 Å². The molecule has 52 heavy (non-hydrogen) atoms. The first kappa shape index (κ1) is 42.8.